The number of carbonyl (C=O) groups excluding carboxylic acids is 1. The topological polar surface area (TPSA) is 53.4 Å². The maximum absolute atomic E-state index is 13.1. The van der Waals surface area contributed by atoms with Crippen LogP contribution in [0.3, 0.4) is 0 Å². The van der Waals surface area contributed by atoms with E-state index in [2.05, 4.69) is 26.4 Å². The Morgan fingerprint density at radius 2 is 1.92 bits per heavy atom. The molecule has 1 aromatic rings. The van der Waals surface area contributed by atoms with Gasteiger partial charge in [0.2, 0.25) is 5.91 Å². The molecule has 0 radical (unpaired) electrons. The van der Waals surface area contributed by atoms with Crippen LogP contribution in [-0.4, -0.2) is 70.8 Å². The molecule has 1 aromatic heterocycles. The molecular formula is C18H31Cl2N5O. The van der Waals surface area contributed by atoms with E-state index >= 15 is 0 Å². The summed E-state index contributed by atoms with van der Waals surface area (Å²) < 4.78 is 1.83. The molecule has 1 amide bonds. The lowest BCUT2D eigenvalue weighted by Gasteiger charge is -2.32. The molecule has 0 aromatic carbocycles. The third-order valence-electron chi connectivity index (χ3n) is 6.07. The number of aromatic nitrogens is 2. The third kappa shape index (κ3) is 4.35. The fraction of sp³-hybridized carbons (Fsp3) is 0.778. The van der Waals surface area contributed by atoms with Gasteiger partial charge in [0.15, 0.2) is 0 Å². The Labute approximate surface area is 168 Å². The van der Waals surface area contributed by atoms with Crippen molar-refractivity contribution in [2.45, 2.75) is 37.6 Å². The van der Waals surface area contributed by atoms with Crippen LogP contribution in [0.15, 0.2) is 12.4 Å². The predicted octanol–water partition coefficient (Wildman–Crippen LogP) is 1.65. The van der Waals surface area contributed by atoms with Gasteiger partial charge in [-0.2, -0.15) is 5.10 Å². The van der Waals surface area contributed by atoms with E-state index in [1.54, 1.807) is 0 Å². The molecule has 148 valence electrons. The van der Waals surface area contributed by atoms with E-state index in [1.165, 1.54) is 37.9 Å². The van der Waals surface area contributed by atoms with Crippen molar-refractivity contribution in [1.82, 2.24) is 24.9 Å². The first-order valence-corrected chi connectivity index (χ1v) is 9.44. The summed E-state index contributed by atoms with van der Waals surface area (Å²) in [6, 6.07) is 0.584. The van der Waals surface area contributed by atoms with E-state index < -0.39 is 0 Å². The number of carbonyl (C=O) groups is 1. The number of likely N-dealkylation sites (tertiary alicyclic amines) is 2. The van der Waals surface area contributed by atoms with Crippen molar-refractivity contribution in [2.24, 2.45) is 13.0 Å². The van der Waals surface area contributed by atoms with Crippen LogP contribution in [0.5, 0.6) is 0 Å². The summed E-state index contributed by atoms with van der Waals surface area (Å²) in [5, 5.41) is 7.70. The van der Waals surface area contributed by atoms with Crippen molar-refractivity contribution < 1.29 is 4.79 Å². The van der Waals surface area contributed by atoms with E-state index in [0.717, 1.165) is 32.6 Å². The minimum atomic E-state index is 0. The second-order valence-corrected chi connectivity index (χ2v) is 7.64. The molecule has 0 saturated carbocycles. The van der Waals surface area contributed by atoms with E-state index in [-0.39, 0.29) is 36.6 Å². The second-order valence-electron chi connectivity index (χ2n) is 7.64. The quantitative estimate of drug-likeness (QED) is 0.833. The molecule has 1 unspecified atom stereocenters. The molecule has 3 fully saturated rings. The molecule has 4 rings (SSSR count). The van der Waals surface area contributed by atoms with Crippen molar-refractivity contribution in [3.05, 3.63) is 18.0 Å². The normalized spacial score (nSPS) is 29.3. The Morgan fingerprint density at radius 3 is 2.62 bits per heavy atom. The zero-order valence-corrected chi connectivity index (χ0v) is 17.1. The summed E-state index contributed by atoms with van der Waals surface area (Å²) in [6.45, 7) is 5.96. The Morgan fingerprint density at radius 1 is 1.15 bits per heavy atom. The van der Waals surface area contributed by atoms with Gasteiger partial charge in [-0.25, -0.2) is 0 Å². The fourth-order valence-electron chi connectivity index (χ4n) is 4.68. The largest absolute Gasteiger partial charge is 0.341 e. The fourth-order valence-corrected chi connectivity index (χ4v) is 4.68. The summed E-state index contributed by atoms with van der Waals surface area (Å²) in [7, 11) is 1.94. The van der Waals surface area contributed by atoms with Gasteiger partial charge in [0, 0.05) is 51.4 Å². The highest BCUT2D eigenvalue weighted by molar-refractivity contribution is 5.85. The maximum atomic E-state index is 13.1. The average Bonchev–Trinajstić information content (AvgIpc) is 3.35. The van der Waals surface area contributed by atoms with Gasteiger partial charge in [0.05, 0.1) is 12.1 Å². The van der Waals surface area contributed by atoms with Crippen molar-refractivity contribution in [2.75, 3.05) is 39.3 Å². The zero-order chi connectivity index (χ0) is 16.5. The van der Waals surface area contributed by atoms with Gasteiger partial charge >= 0.3 is 0 Å². The van der Waals surface area contributed by atoms with Crippen molar-refractivity contribution >= 4 is 30.7 Å². The van der Waals surface area contributed by atoms with Crippen LogP contribution in [-0.2, 0) is 11.8 Å². The summed E-state index contributed by atoms with van der Waals surface area (Å²) in [5.41, 5.74) is 1.19. The van der Waals surface area contributed by atoms with Crippen LogP contribution >= 0.6 is 24.8 Å². The van der Waals surface area contributed by atoms with E-state index in [4.69, 9.17) is 0 Å². The highest BCUT2D eigenvalue weighted by Gasteiger charge is 2.40. The van der Waals surface area contributed by atoms with E-state index in [9.17, 15) is 4.79 Å². The molecule has 6 nitrogen and oxygen atoms in total. The highest BCUT2D eigenvalue weighted by atomic mass is 35.5. The molecule has 4 heterocycles. The minimum absolute atomic E-state index is 0. The smallest absolute Gasteiger partial charge is 0.227 e. The van der Waals surface area contributed by atoms with Crippen LogP contribution in [0.25, 0.3) is 0 Å². The number of aryl methyl sites for hydroxylation is 1. The SMILES string of the molecule is Cl.Cl.Cn1cc([C@H]2CNC[C@@H]2C(=O)N2CCC(N3CCCCC3)C2)cn1. The Hall–Kier alpha value is -0.820. The lowest BCUT2D eigenvalue weighted by atomic mass is 9.90. The number of hydrogen-bond acceptors (Lipinski definition) is 4. The number of rotatable bonds is 3. The van der Waals surface area contributed by atoms with Gasteiger partial charge < -0.3 is 10.2 Å². The van der Waals surface area contributed by atoms with Crippen LogP contribution in [0.2, 0.25) is 0 Å². The number of nitrogens with one attached hydrogen (secondary N) is 1. The van der Waals surface area contributed by atoms with Crippen LogP contribution in [0, 0.1) is 5.92 Å². The predicted molar refractivity (Wildman–Crippen MR) is 107 cm³/mol. The molecule has 3 atom stereocenters. The first kappa shape index (κ1) is 21.5. The standard InChI is InChI=1S/C18H29N5O.2ClH/c1-21-12-14(9-20-21)16-10-19-11-17(16)18(24)23-8-5-15(13-23)22-6-3-2-4-7-22;;/h9,12,15-17,19H,2-8,10-11,13H2,1H3;2*1H/t15?,16-,17+;;/m1../s1. The molecule has 26 heavy (non-hydrogen) atoms. The number of nitrogens with zero attached hydrogens (tertiary/aromatic N) is 4. The average molecular weight is 404 g/mol. The number of amides is 1. The Balaban J connectivity index is 0.00000121. The van der Waals surface area contributed by atoms with Crippen LogP contribution in [0.4, 0.5) is 0 Å². The molecule has 1 N–H and O–H groups in total. The summed E-state index contributed by atoms with van der Waals surface area (Å²) >= 11 is 0. The van der Waals surface area contributed by atoms with Crippen LogP contribution in [0.1, 0.15) is 37.2 Å². The first-order valence-electron chi connectivity index (χ1n) is 9.44. The highest BCUT2D eigenvalue weighted by Crippen LogP contribution is 2.31. The molecule has 0 bridgehead atoms. The summed E-state index contributed by atoms with van der Waals surface area (Å²) in [4.78, 5) is 17.8. The molecule has 8 heteroatoms. The molecule has 0 spiro atoms. The minimum Gasteiger partial charge on any atom is -0.341 e. The number of hydrogen-bond donors (Lipinski definition) is 1. The Bertz CT molecular complexity index is 590. The lowest BCUT2D eigenvalue weighted by Crippen LogP contribution is -2.43. The second kappa shape index (κ2) is 9.40. The van der Waals surface area contributed by atoms with E-state index in [1.807, 2.05) is 17.9 Å². The van der Waals surface area contributed by atoms with Crippen LogP contribution < -0.4 is 5.32 Å². The molecule has 3 aliphatic rings. The van der Waals surface area contributed by atoms with Crippen molar-refractivity contribution in [3.63, 3.8) is 0 Å². The number of piperidine rings is 1. The summed E-state index contributed by atoms with van der Waals surface area (Å²) in [6.07, 6.45) is 9.12. The molecular weight excluding hydrogens is 373 g/mol. The maximum Gasteiger partial charge on any atom is 0.227 e. The van der Waals surface area contributed by atoms with Crippen molar-refractivity contribution in [1.29, 1.82) is 0 Å². The third-order valence-corrected chi connectivity index (χ3v) is 6.07. The van der Waals surface area contributed by atoms with Crippen molar-refractivity contribution in [3.8, 4) is 0 Å². The van der Waals surface area contributed by atoms with E-state index in [0.29, 0.717) is 11.9 Å². The molecule has 0 aliphatic carbocycles. The zero-order valence-electron chi connectivity index (χ0n) is 15.5. The van der Waals surface area contributed by atoms with Gasteiger partial charge in [0.1, 0.15) is 0 Å². The van der Waals surface area contributed by atoms with Gasteiger partial charge in [-0.3, -0.25) is 14.4 Å². The van der Waals surface area contributed by atoms with Gasteiger partial charge in [0.25, 0.3) is 0 Å². The van der Waals surface area contributed by atoms with Gasteiger partial charge in [-0.1, -0.05) is 6.42 Å². The van der Waals surface area contributed by atoms with Gasteiger partial charge in [-0.05, 0) is 37.9 Å². The summed E-state index contributed by atoms with van der Waals surface area (Å²) in [5.74, 6) is 0.669. The number of halogens is 2. The van der Waals surface area contributed by atoms with Gasteiger partial charge in [-0.15, -0.1) is 24.8 Å². The molecule has 3 saturated heterocycles. The molecule has 3 aliphatic heterocycles. The monoisotopic (exact) mass is 403 g/mol. The first-order chi connectivity index (χ1) is 11.7. The lowest BCUT2D eigenvalue weighted by molar-refractivity contribution is -0.134. The Kier molecular flexibility index (Phi) is 7.76.